The standard InChI is InChI=1S/C21H27FN4O2/c1-24-21(28)26(18-7-2-3-8-18)20(23-24)16-9-11-25(12-10-16)19(27)14-15-5-4-6-17(22)13-15/h4-6,13,16,18H,2-3,7-12,14H2,1H3. The van der Waals surface area contributed by atoms with Gasteiger partial charge in [-0.1, -0.05) is 25.0 Å². The number of carbonyl (C=O) groups is 1. The van der Waals surface area contributed by atoms with Crippen LogP contribution in [-0.2, 0) is 18.3 Å². The van der Waals surface area contributed by atoms with Gasteiger partial charge in [-0.05, 0) is 43.4 Å². The van der Waals surface area contributed by atoms with Gasteiger partial charge in [0.05, 0.1) is 6.42 Å². The summed E-state index contributed by atoms with van der Waals surface area (Å²) >= 11 is 0. The topological polar surface area (TPSA) is 60.1 Å². The van der Waals surface area contributed by atoms with Gasteiger partial charge in [0, 0.05) is 32.1 Å². The van der Waals surface area contributed by atoms with Crippen molar-refractivity contribution in [3.63, 3.8) is 0 Å². The van der Waals surface area contributed by atoms with Crippen LogP contribution in [0.25, 0.3) is 0 Å². The molecule has 28 heavy (non-hydrogen) atoms. The summed E-state index contributed by atoms with van der Waals surface area (Å²) in [6.45, 7) is 1.29. The number of benzene rings is 1. The Kier molecular flexibility index (Phi) is 5.33. The predicted octanol–water partition coefficient (Wildman–Crippen LogP) is 2.78. The highest BCUT2D eigenvalue weighted by Crippen LogP contribution is 2.33. The minimum Gasteiger partial charge on any atom is -0.342 e. The molecule has 0 bridgehead atoms. The Hall–Kier alpha value is -2.44. The van der Waals surface area contributed by atoms with Crippen LogP contribution in [0.5, 0.6) is 0 Å². The Labute approximate surface area is 164 Å². The van der Waals surface area contributed by atoms with Crippen LogP contribution >= 0.6 is 0 Å². The lowest BCUT2D eigenvalue weighted by atomic mass is 9.95. The van der Waals surface area contributed by atoms with E-state index in [-0.39, 0.29) is 35.8 Å². The quantitative estimate of drug-likeness (QED) is 0.812. The molecule has 1 aliphatic heterocycles. The zero-order valence-electron chi connectivity index (χ0n) is 16.3. The predicted molar refractivity (Wildman–Crippen MR) is 104 cm³/mol. The van der Waals surface area contributed by atoms with Crippen molar-refractivity contribution in [1.29, 1.82) is 0 Å². The Morgan fingerprint density at radius 1 is 1.18 bits per heavy atom. The van der Waals surface area contributed by atoms with Gasteiger partial charge in [-0.2, -0.15) is 5.10 Å². The lowest BCUT2D eigenvalue weighted by Crippen LogP contribution is -2.39. The lowest BCUT2D eigenvalue weighted by Gasteiger charge is -2.32. The number of amides is 1. The molecule has 0 radical (unpaired) electrons. The smallest absolute Gasteiger partial charge is 0.342 e. The van der Waals surface area contributed by atoms with E-state index < -0.39 is 0 Å². The van der Waals surface area contributed by atoms with Gasteiger partial charge in [0.2, 0.25) is 5.91 Å². The zero-order valence-corrected chi connectivity index (χ0v) is 16.3. The van der Waals surface area contributed by atoms with Crippen molar-refractivity contribution >= 4 is 5.91 Å². The second-order valence-corrected chi connectivity index (χ2v) is 8.03. The molecule has 1 saturated carbocycles. The van der Waals surface area contributed by atoms with Crippen molar-refractivity contribution in [2.75, 3.05) is 13.1 Å². The number of piperidine rings is 1. The van der Waals surface area contributed by atoms with E-state index in [1.807, 2.05) is 9.47 Å². The van der Waals surface area contributed by atoms with Crippen LogP contribution in [0.15, 0.2) is 29.1 Å². The van der Waals surface area contributed by atoms with Crippen molar-refractivity contribution in [2.45, 2.75) is 56.9 Å². The molecule has 0 atom stereocenters. The van der Waals surface area contributed by atoms with Crippen molar-refractivity contribution in [2.24, 2.45) is 7.05 Å². The minimum atomic E-state index is -0.316. The average Bonchev–Trinajstić information content (AvgIpc) is 3.30. The molecule has 1 aromatic heterocycles. The number of aromatic nitrogens is 3. The van der Waals surface area contributed by atoms with Crippen LogP contribution in [0, 0.1) is 5.82 Å². The average molecular weight is 386 g/mol. The Bertz CT molecular complexity index is 905. The normalized spacial score (nSPS) is 18.7. The highest BCUT2D eigenvalue weighted by molar-refractivity contribution is 5.78. The summed E-state index contributed by atoms with van der Waals surface area (Å²) < 4.78 is 16.7. The Morgan fingerprint density at radius 3 is 2.57 bits per heavy atom. The summed E-state index contributed by atoms with van der Waals surface area (Å²) in [6, 6.07) is 6.48. The van der Waals surface area contributed by atoms with Gasteiger partial charge in [-0.3, -0.25) is 9.36 Å². The summed E-state index contributed by atoms with van der Waals surface area (Å²) in [5.74, 6) is 0.798. The third-order valence-corrected chi connectivity index (χ3v) is 6.13. The molecule has 7 heteroatoms. The maximum absolute atomic E-state index is 13.3. The number of rotatable bonds is 4. The first-order valence-corrected chi connectivity index (χ1v) is 10.2. The number of hydrogen-bond donors (Lipinski definition) is 0. The third-order valence-electron chi connectivity index (χ3n) is 6.13. The molecule has 1 amide bonds. The van der Waals surface area contributed by atoms with Gasteiger partial charge in [-0.25, -0.2) is 13.9 Å². The Morgan fingerprint density at radius 2 is 1.89 bits per heavy atom. The van der Waals surface area contributed by atoms with Crippen LogP contribution in [0.4, 0.5) is 4.39 Å². The highest BCUT2D eigenvalue weighted by Gasteiger charge is 2.31. The molecular formula is C21H27FN4O2. The number of carbonyl (C=O) groups excluding carboxylic acids is 1. The Balaban J connectivity index is 1.42. The van der Waals surface area contributed by atoms with Crippen molar-refractivity contribution < 1.29 is 9.18 Å². The summed E-state index contributed by atoms with van der Waals surface area (Å²) in [6.07, 6.45) is 6.25. The summed E-state index contributed by atoms with van der Waals surface area (Å²) in [5.41, 5.74) is 0.679. The second-order valence-electron chi connectivity index (χ2n) is 8.03. The molecule has 2 heterocycles. The van der Waals surface area contributed by atoms with Crippen LogP contribution in [0.2, 0.25) is 0 Å². The molecule has 4 rings (SSSR count). The van der Waals surface area contributed by atoms with E-state index in [2.05, 4.69) is 5.10 Å². The van der Waals surface area contributed by atoms with Gasteiger partial charge in [-0.15, -0.1) is 0 Å². The number of likely N-dealkylation sites (tertiary alicyclic amines) is 1. The molecule has 0 spiro atoms. The number of nitrogens with zero attached hydrogens (tertiary/aromatic N) is 4. The molecule has 1 aliphatic carbocycles. The van der Waals surface area contributed by atoms with Crippen LogP contribution in [-0.4, -0.2) is 38.2 Å². The fourth-order valence-electron chi connectivity index (χ4n) is 4.60. The van der Waals surface area contributed by atoms with Gasteiger partial charge >= 0.3 is 5.69 Å². The molecule has 150 valence electrons. The largest absolute Gasteiger partial charge is 0.345 e. The molecule has 2 aliphatic rings. The fraction of sp³-hybridized carbons (Fsp3) is 0.571. The fourth-order valence-corrected chi connectivity index (χ4v) is 4.60. The molecule has 6 nitrogen and oxygen atoms in total. The van der Waals surface area contributed by atoms with Gasteiger partial charge < -0.3 is 4.90 Å². The molecule has 2 fully saturated rings. The van der Waals surface area contributed by atoms with Crippen molar-refractivity contribution in [3.8, 4) is 0 Å². The second kappa shape index (κ2) is 7.89. The van der Waals surface area contributed by atoms with E-state index in [0.717, 1.165) is 31.5 Å². The lowest BCUT2D eigenvalue weighted by molar-refractivity contribution is -0.131. The van der Waals surface area contributed by atoms with E-state index in [1.165, 1.54) is 29.7 Å². The summed E-state index contributed by atoms with van der Waals surface area (Å²) in [7, 11) is 1.72. The maximum atomic E-state index is 13.3. The van der Waals surface area contributed by atoms with E-state index in [9.17, 15) is 14.0 Å². The van der Waals surface area contributed by atoms with Crippen molar-refractivity contribution in [3.05, 3.63) is 52.0 Å². The zero-order chi connectivity index (χ0) is 19.7. The molecule has 0 N–H and O–H groups in total. The number of halogens is 1. The maximum Gasteiger partial charge on any atom is 0.345 e. The van der Waals surface area contributed by atoms with E-state index in [0.29, 0.717) is 18.7 Å². The van der Waals surface area contributed by atoms with Gasteiger partial charge in [0.1, 0.15) is 11.6 Å². The van der Waals surface area contributed by atoms with E-state index in [4.69, 9.17) is 0 Å². The molecule has 1 saturated heterocycles. The molecular weight excluding hydrogens is 359 g/mol. The van der Waals surface area contributed by atoms with Gasteiger partial charge in [0.25, 0.3) is 0 Å². The molecule has 1 aromatic carbocycles. The van der Waals surface area contributed by atoms with E-state index in [1.54, 1.807) is 19.2 Å². The first-order valence-electron chi connectivity index (χ1n) is 10.2. The third kappa shape index (κ3) is 3.75. The first-order chi connectivity index (χ1) is 13.5. The SMILES string of the molecule is Cn1nc(C2CCN(C(=O)Cc3cccc(F)c3)CC2)n(C2CCCC2)c1=O. The van der Waals surface area contributed by atoms with Gasteiger partial charge in [0.15, 0.2) is 0 Å². The van der Waals surface area contributed by atoms with E-state index >= 15 is 0 Å². The first kappa shape index (κ1) is 18.9. The van der Waals surface area contributed by atoms with Crippen LogP contribution in [0.3, 0.4) is 0 Å². The summed E-state index contributed by atoms with van der Waals surface area (Å²) in [4.78, 5) is 27.0. The highest BCUT2D eigenvalue weighted by atomic mass is 19.1. The summed E-state index contributed by atoms with van der Waals surface area (Å²) in [5, 5.41) is 4.55. The molecule has 0 unspecified atom stereocenters. The number of aryl methyl sites for hydroxylation is 1. The monoisotopic (exact) mass is 386 g/mol. The van der Waals surface area contributed by atoms with Crippen LogP contribution in [0.1, 0.15) is 61.9 Å². The minimum absolute atomic E-state index is 0.0217. The van der Waals surface area contributed by atoms with Crippen molar-refractivity contribution in [1.82, 2.24) is 19.2 Å². The van der Waals surface area contributed by atoms with Crippen LogP contribution < -0.4 is 5.69 Å². The number of hydrogen-bond acceptors (Lipinski definition) is 3. The molecule has 2 aromatic rings.